The first-order valence-corrected chi connectivity index (χ1v) is 9.80. The summed E-state index contributed by atoms with van der Waals surface area (Å²) in [5.41, 5.74) is -0.861. The van der Waals surface area contributed by atoms with Gasteiger partial charge in [-0.2, -0.15) is 13.2 Å². The number of amides is 1. The van der Waals surface area contributed by atoms with Crippen LogP contribution in [0.5, 0.6) is 5.88 Å². The molecule has 0 radical (unpaired) electrons. The third kappa shape index (κ3) is 4.64. The van der Waals surface area contributed by atoms with Gasteiger partial charge in [0, 0.05) is 6.54 Å². The number of ether oxygens (including phenoxy) is 1. The third-order valence-corrected chi connectivity index (χ3v) is 5.07. The second-order valence-electron chi connectivity index (χ2n) is 7.17. The number of terminal acetylenes is 1. The van der Waals surface area contributed by atoms with E-state index in [-0.39, 0.29) is 23.9 Å². The number of aromatic nitrogens is 3. The van der Waals surface area contributed by atoms with Gasteiger partial charge in [0.1, 0.15) is 24.2 Å². The van der Waals surface area contributed by atoms with E-state index in [9.17, 15) is 22.4 Å². The minimum absolute atomic E-state index is 0.00710. The highest BCUT2D eigenvalue weighted by molar-refractivity contribution is 6.00. The predicted molar refractivity (Wildman–Crippen MR) is 106 cm³/mol. The average molecular weight is 460 g/mol. The first kappa shape index (κ1) is 22.3. The number of hydrogen-bond donors (Lipinski definition) is 0. The Morgan fingerprint density at radius 3 is 2.70 bits per heavy atom. The summed E-state index contributed by atoms with van der Waals surface area (Å²) in [4.78, 5) is 25.7. The zero-order valence-corrected chi connectivity index (χ0v) is 16.9. The van der Waals surface area contributed by atoms with Gasteiger partial charge in [0.05, 0.1) is 29.7 Å². The van der Waals surface area contributed by atoms with E-state index in [1.807, 2.05) is 0 Å². The van der Waals surface area contributed by atoms with Crippen LogP contribution in [0.4, 0.5) is 17.6 Å². The van der Waals surface area contributed by atoms with Gasteiger partial charge in [-0.25, -0.2) is 19.3 Å². The van der Waals surface area contributed by atoms with Crippen LogP contribution in [0.15, 0.2) is 47.5 Å². The normalized spacial score (nSPS) is 18.6. The molecule has 0 saturated carbocycles. The number of alkyl halides is 3. The number of benzene rings is 1. The number of likely N-dealkylation sites (tertiary alicyclic amines) is 1. The van der Waals surface area contributed by atoms with Crippen molar-refractivity contribution in [3.63, 3.8) is 0 Å². The Kier molecular flexibility index (Phi) is 6.00. The van der Waals surface area contributed by atoms with E-state index in [0.29, 0.717) is 24.6 Å². The number of piperidine rings is 1. The molecule has 3 aromatic rings. The summed E-state index contributed by atoms with van der Waals surface area (Å²) in [5.74, 6) is 1.29. The van der Waals surface area contributed by atoms with Gasteiger partial charge in [0.25, 0.3) is 5.91 Å². The molecule has 1 aliphatic heterocycles. The van der Waals surface area contributed by atoms with Crippen LogP contribution in [0.25, 0.3) is 11.5 Å². The molecule has 0 spiro atoms. The van der Waals surface area contributed by atoms with Crippen molar-refractivity contribution in [3.05, 3.63) is 60.1 Å². The topological polar surface area (TPSA) is 81.4 Å². The van der Waals surface area contributed by atoms with Gasteiger partial charge < -0.3 is 14.1 Å². The first-order valence-electron chi connectivity index (χ1n) is 9.80. The van der Waals surface area contributed by atoms with E-state index in [0.717, 1.165) is 12.3 Å². The molecular weight excluding hydrogens is 444 g/mol. The standard InChI is InChI=1S/C22H16F4N4O3/c1-2-16-17(33-19-12-28-18(11-29-19)22(24,25)26)4-3-8-30(16)21(31)15-10-13(23)5-6-14(15)20-27-7-9-32-20/h1,5-7,9-12,16-17H,3-4,8H2. The van der Waals surface area contributed by atoms with Crippen LogP contribution < -0.4 is 4.74 Å². The maximum absolute atomic E-state index is 14.0. The Morgan fingerprint density at radius 1 is 1.24 bits per heavy atom. The third-order valence-electron chi connectivity index (χ3n) is 5.07. The molecule has 0 aliphatic carbocycles. The molecule has 1 aromatic carbocycles. The summed E-state index contributed by atoms with van der Waals surface area (Å²) in [6.45, 7) is 0.272. The summed E-state index contributed by atoms with van der Waals surface area (Å²) in [6, 6.07) is 2.76. The number of halogens is 4. The Hall–Kier alpha value is -3.94. The molecule has 3 heterocycles. The number of oxazole rings is 1. The molecule has 1 fully saturated rings. The molecule has 1 aliphatic rings. The van der Waals surface area contributed by atoms with Crippen LogP contribution in [-0.2, 0) is 6.18 Å². The molecular formula is C22H16F4N4O3. The van der Waals surface area contributed by atoms with Crippen molar-refractivity contribution < 1.29 is 31.5 Å². The lowest BCUT2D eigenvalue weighted by Crippen LogP contribution is -2.52. The number of rotatable bonds is 4. The summed E-state index contributed by atoms with van der Waals surface area (Å²) < 4.78 is 63.1. The van der Waals surface area contributed by atoms with Gasteiger partial charge >= 0.3 is 6.18 Å². The molecule has 11 heteroatoms. The Labute approximate surface area is 185 Å². The largest absolute Gasteiger partial charge is 0.470 e. The van der Waals surface area contributed by atoms with Crippen LogP contribution >= 0.6 is 0 Å². The van der Waals surface area contributed by atoms with Gasteiger partial charge in [0.15, 0.2) is 5.69 Å². The quantitative estimate of drug-likeness (QED) is 0.433. The minimum Gasteiger partial charge on any atom is -0.470 e. The van der Waals surface area contributed by atoms with Gasteiger partial charge in [0.2, 0.25) is 11.8 Å². The highest BCUT2D eigenvalue weighted by atomic mass is 19.4. The minimum atomic E-state index is -4.63. The lowest BCUT2D eigenvalue weighted by Gasteiger charge is -2.38. The molecule has 4 rings (SSSR count). The molecule has 0 N–H and O–H groups in total. The Balaban J connectivity index is 1.59. The van der Waals surface area contributed by atoms with Crippen molar-refractivity contribution in [2.24, 2.45) is 0 Å². The first-order chi connectivity index (χ1) is 15.8. The van der Waals surface area contributed by atoms with Crippen molar-refractivity contribution in [2.45, 2.75) is 31.2 Å². The van der Waals surface area contributed by atoms with E-state index in [4.69, 9.17) is 15.6 Å². The van der Waals surface area contributed by atoms with E-state index in [1.54, 1.807) is 0 Å². The van der Waals surface area contributed by atoms with Gasteiger partial charge in [-0.1, -0.05) is 5.92 Å². The molecule has 1 amide bonds. The predicted octanol–water partition coefficient (Wildman–Crippen LogP) is 3.97. The smallest absolute Gasteiger partial charge is 0.434 e. The number of nitrogens with zero attached hydrogens (tertiary/aromatic N) is 4. The van der Waals surface area contributed by atoms with Gasteiger partial charge in [-0.15, -0.1) is 6.42 Å². The number of carbonyl (C=O) groups is 1. The van der Waals surface area contributed by atoms with Crippen LogP contribution in [0.3, 0.4) is 0 Å². The zero-order chi connectivity index (χ0) is 23.6. The highest BCUT2D eigenvalue weighted by Gasteiger charge is 2.37. The molecule has 33 heavy (non-hydrogen) atoms. The number of hydrogen-bond acceptors (Lipinski definition) is 6. The molecule has 1 saturated heterocycles. The van der Waals surface area contributed by atoms with E-state index in [2.05, 4.69) is 20.9 Å². The van der Waals surface area contributed by atoms with Crippen molar-refractivity contribution in [3.8, 4) is 29.7 Å². The zero-order valence-electron chi connectivity index (χ0n) is 16.9. The fourth-order valence-corrected chi connectivity index (χ4v) is 3.58. The van der Waals surface area contributed by atoms with E-state index < -0.39 is 35.7 Å². The molecule has 2 aromatic heterocycles. The second-order valence-corrected chi connectivity index (χ2v) is 7.17. The SMILES string of the molecule is C#CC1C(Oc2cnc(C(F)(F)F)cn2)CCCN1C(=O)c1cc(F)ccc1-c1ncco1. The van der Waals surface area contributed by atoms with E-state index >= 15 is 0 Å². The summed E-state index contributed by atoms with van der Waals surface area (Å²) in [5, 5.41) is 0. The molecule has 7 nitrogen and oxygen atoms in total. The summed E-state index contributed by atoms with van der Waals surface area (Å²) in [6.07, 6.45) is 5.35. The van der Waals surface area contributed by atoms with Crippen LogP contribution in [0.1, 0.15) is 28.9 Å². The maximum Gasteiger partial charge on any atom is 0.434 e. The summed E-state index contributed by atoms with van der Waals surface area (Å²) in [7, 11) is 0. The molecule has 170 valence electrons. The fourth-order valence-electron chi connectivity index (χ4n) is 3.58. The lowest BCUT2D eigenvalue weighted by molar-refractivity contribution is -0.141. The van der Waals surface area contributed by atoms with Crippen molar-refractivity contribution >= 4 is 5.91 Å². The second kappa shape index (κ2) is 8.90. The van der Waals surface area contributed by atoms with Crippen LogP contribution in [0, 0.1) is 18.2 Å². The van der Waals surface area contributed by atoms with Crippen molar-refractivity contribution in [1.82, 2.24) is 19.9 Å². The summed E-state index contributed by atoms with van der Waals surface area (Å²) >= 11 is 0. The number of carbonyl (C=O) groups excluding carboxylic acids is 1. The highest BCUT2D eigenvalue weighted by Crippen LogP contribution is 2.30. The monoisotopic (exact) mass is 460 g/mol. The Morgan fingerprint density at radius 2 is 2.06 bits per heavy atom. The van der Waals surface area contributed by atoms with Crippen LogP contribution in [0.2, 0.25) is 0 Å². The maximum atomic E-state index is 14.0. The molecule has 0 bridgehead atoms. The van der Waals surface area contributed by atoms with Gasteiger partial charge in [-0.05, 0) is 31.0 Å². The molecule has 2 unspecified atom stereocenters. The average Bonchev–Trinajstić information content (AvgIpc) is 3.33. The van der Waals surface area contributed by atoms with E-state index in [1.165, 1.54) is 29.5 Å². The van der Waals surface area contributed by atoms with Gasteiger partial charge in [-0.3, -0.25) is 4.79 Å². The Bertz CT molecular complexity index is 1170. The van der Waals surface area contributed by atoms with Crippen LogP contribution in [-0.4, -0.2) is 44.4 Å². The van der Waals surface area contributed by atoms with Crippen molar-refractivity contribution in [2.75, 3.05) is 6.54 Å². The molecule has 2 atom stereocenters. The van der Waals surface area contributed by atoms with Crippen molar-refractivity contribution in [1.29, 1.82) is 0 Å². The fraction of sp³-hybridized carbons (Fsp3) is 0.273. The lowest BCUT2D eigenvalue weighted by atomic mass is 9.96.